The summed E-state index contributed by atoms with van der Waals surface area (Å²) in [5, 5.41) is 0. The Morgan fingerprint density at radius 2 is 1.29 bits per heavy atom. The Hall–Kier alpha value is -1.89. The molecule has 1 fully saturated rings. The fraction of sp³-hybridized carbons (Fsp3) is 0.350. The van der Waals surface area contributed by atoms with Crippen LogP contribution in [0.15, 0.2) is 60.7 Å². The molecule has 0 N–H and O–H groups in total. The van der Waals surface area contributed by atoms with Gasteiger partial charge in [0, 0.05) is 11.3 Å². The zero-order chi connectivity index (χ0) is 14.9. The molecule has 0 aromatic heterocycles. The monoisotopic (exact) mass is 278 g/mol. The summed E-state index contributed by atoms with van der Waals surface area (Å²) in [6.07, 6.45) is 1.84. The number of benzene rings is 2. The van der Waals surface area contributed by atoms with Gasteiger partial charge in [0.2, 0.25) is 0 Å². The first-order valence-corrected chi connectivity index (χ1v) is 7.88. The van der Waals surface area contributed by atoms with Crippen LogP contribution < -0.4 is 0 Å². The Labute approximate surface area is 127 Å². The zero-order valence-corrected chi connectivity index (χ0v) is 12.8. The van der Waals surface area contributed by atoms with Crippen LogP contribution in [0.1, 0.15) is 49.7 Å². The number of Topliss-reactive ketones (excluding diaryl/α,β-unsaturated/α-hetero) is 1. The molecule has 2 aromatic carbocycles. The van der Waals surface area contributed by atoms with Gasteiger partial charge in [0.15, 0.2) is 0 Å². The molecule has 1 heteroatoms. The molecular weight excluding hydrogens is 256 g/mol. The number of hydrogen-bond donors (Lipinski definition) is 0. The van der Waals surface area contributed by atoms with Gasteiger partial charge in [-0.15, -0.1) is 0 Å². The third kappa shape index (κ3) is 2.03. The molecule has 108 valence electrons. The van der Waals surface area contributed by atoms with E-state index in [0.717, 1.165) is 18.4 Å². The van der Waals surface area contributed by atoms with Crippen LogP contribution in [0.25, 0.3) is 0 Å². The van der Waals surface area contributed by atoms with Crippen molar-refractivity contribution in [2.45, 2.75) is 38.5 Å². The molecule has 0 spiro atoms. The van der Waals surface area contributed by atoms with Gasteiger partial charge in [0.1, 0.15) is 5.78 Å². The summed E-state index contributed by atoms with van der Waals surface area (Å²) in [5.41, 5.74) is 2.28. The van der Waals surface area contributed by atoms with Crippen LogP contribution >= 0.6 is 0 Å². The quantitative estimate of drug-likeness (QED) is 0.774. The van der Waals surface area contributed by atoms with E-state index in [1.54, 1.807) is 0 Å². The minimum Gasteiger partial charge on any atom is -0.298 e. The molecule has 0 bridgehead atoms. The lowest BCUT2D eigenvalue weighted by atomic mass is 9.47. The summed E-state index contributed by atoms with van der Waals surface area (Å²) in [4.78, 5) is 12.9. The van der Waals surface area contributed by atoms with Crippen molar-refractivity contribution in [3.63, 3.8) is 0 Å². The molecule has 0 amide bonds. The van der Waals surface area contributed by atoms with Crippen LogP contribution in [0, 0.1) is 5.41 Å². The highest BCUT2D eigenvalue weighted by Crippen LogP contribution is 2.61. The molecule has 3 rings (SSSR count). The molecule has 0 aliphatic heterocycles. The molecule has 2 unspecified atom stereocenters. The Kier molecular flexibility index (Phi) is 3.67. The highest BCUT2D eigenvalue weighted by molar-refractivity contribution is 6.00. The molecular formula is C20H22O. The second kappa shape index (κ2) is 5.48. The molecule has 0 radical (unpaired) electrons. The molecule has 0 saturated heterocycles. The largest absolute Gasteiger partial charge is 0.298 e. The maximum atomic E-state index is 12.9. The molecule has 1 saturated carbocycles. The van der Waals surface area contributed by atoms with Crippen LogP contribution in [0.4, 0.5) is 0 Å². The van der Waals surface area contributed by atoms with Gasteiger partial charge in [-0.1, -0.05) is 74.5 Å². The third-order valence-electron chi connectivity index (χ3n) is 5.28. The molecule has 1 nitrogen and oxygen atoms in total. The van der Waals surface area contributed by atoms with Gasteiger partial charge in [0.05, 0.1) is 5.92 Å². The van der Waals surface area contributed by atoms with Crippen molar-refractivity contribution in [2.75, 3.05) is 0 Å². The van der Waals surface area contributed by atoms with E-state index >= 15 is 0 Å². The first-order valence-electron chi connectivity index (χ1n) is 7.88. The summed E-state index contributed by atoms with van der Waals surface area (Å²) >= 11 is 0. The van der Waals surface area contributed by atoms with Gasteiger partial charge in [-0.3, -0.25) is 4.79 Å². The third-order valence-corrected chi connectivity index (χ3v) is 5.28. The normalized spacial score (nSPS) is 23.6. The smallest absolute Gasteiger partial charge is 0.147 e. The van der Waals surface area contributed by atoms with Gasteiger partial charge in [-0.25, -0.2) is 0 Å². The fourth-order valence-corrected chi connectivity index (χ4v) is 4.05. The topological polar surface area (TPSA) is 17.1 Å². The average Bonchev–Trinajstić information content (AvgIpc) is 2.55. The Morgan fingerprint density at radius 3 is 1.76 bits per heavy atom. The Bertz CT molecular complexity index is 611. The first kappa shape index (κ1) is 14.1. The van der Waals surface area contributed by atoms with E-state index in [0.29, 0.717) is 11.7 Å². The molecule has 2 atom stereocenters. The standard InChI is InChI=1S/C20H22O/c1-3-20(4-2)18(16-13-9-6-10-14-16)17(19(20)21)15-11-7-5-8-12-15/h5-14,17-18H,3-4H2,1-2H3. The number of carbonyl (C=O) groups excluding carboxylic acids is 1. The Balaban J connectivity index is 2.07. The van der Waals surface area contributed by atoms with Crippen LogP contribution in [-0.4, -0.2) is 5.78 Å². The maximum Gasteiger partial charge on any atom is 0.147 e. The first-order chi connectivity index (χ1) is 10.2. The summed E-state index contributed by atoms with van der Waals surface area (Å²) in [6.45, 7) is 4.30. The van der Waals surface area contributed by atoms with E-state index in [2.05, 4.69) is 50.2 Å². The van der Waals surface area contributed by atoms with Gasteiger partial charge < -0.3 is 0 Å². The van der Waals surface area contributed by atoms with Crippen LogP contribution in [0.5, 0.6) is 0 Å². The second-order valence-electron chi connectivity index (χ2n) is 6.00. The van der Waals surface area contributed by atoms with Gasteiger partial charge in [-0.05, 0) is 24.0 Å². The lowest BCUT2D eigenvalue weighted by Crippen LogP contribution is -2.54. The highest BCUT2D eigenvalue weighted by atomic mass is 16.1. The lowest BCUT2D eigenvalue weighted by Gasteiger charge is -2.53. The predicted octanol–water partition coefficient (Wildman–Crippen LogP) is 4.94. The van der Waals surface area contributed by atoms with Crippen molar-refractivity contribution >= 4 is 5.78 Å². The van der Waals surface area contributed by atoms with E-state index in [-0.39, 0.29) is 11.3 Å². The number of ketones is 1. The SMILES string of the molecule is CCC1(CC)C(=O)C(c2ccccc2)C1c1ccccc1. The maximum absolute atomic E-state index is 12.9. The van der Waals surface area contributed by atoms with Crippen LogP contribution in [0.3, 0.4) is 0 Å². The number of carbonyl (C=O) groups is 1. The molecule has 2 aromatic rings. The molecule has 1 aliphatic carbocycles. The van der Waals surface area contributed by atoms with E-state index < -0.39 is 0 Å². The van der Waals surface area contributed by atoms with Crippen molar-refractivity contribution in [3.8, 4) is 0 Å². The van der Waals surface area contributed by atoms with E-state index in [1.807, 2.05) is 24.3 Å². The van der Waals surface area contributed by atoms with Gasteiger partial charge in [0.25, 0.3) is 0 Å². The van der Waals surface area contributed by atoms with Crippen LogP contribution in [0.2, 0.25) is 0 Å². The average molecular weight is 278 g/mol. The van der Waals surface area contributed by atoms with Crippen molar-refractivity contribution in [2.24, 2.45) is 5.41 Å². The number of hydrogen-bond acceptors (Lipinski definition) is 1. The van der Waals surface area contributed by atoms with E-state index in [1.165, 1.54) is 5.56 Å². The second-order valence-corrected chi connectivity index (χ2v) is 6.00. The van der Waals surface area contributed by atoms with Crippen molar-refractivity contribution in [1.82, 2.24) is 0 Å². The molecule has 0 heterocycles. The Morgan fingerprint density at radius 1 is 0.810 bits per heavy atom. The fourth-order valence-electron chi connectivity index (χ4n) is 4.05. The summed E-state index contributed by atoms with van der Waals surface area (Å²) in [5.74, 6) is 0.754. The minimum absolute atomic E-state index is 0.0218. The van der Waals surface area contributed by atoms with Gasteiger partial charge in [-0.2, -0.15) is 0 Å². The summed E-state index contributed by atoms with van der Waals surface area (Å²) in [6, 6.07) is 20.8. The van der Waals surface area contributed by atoms with Gasteiger partial charge >= 0.3 is 0 Å². The zero-order valence-electron chi connectivity index (χ0n) is 12.8. The lowest BCUT2D eigenvalue weighted by molar-refractivity contribution is -0.145. The predicted molar refractivity (Wildman–Crippen MR) is 86.4 cm³/mol. The van der Waals surface area contributed by atoms with Crippen molar-refractivity contribution in [3.05, 3.63) is 71.8 Å². The van der Waals surface area contributed by atoms with Crippen molar-refractivity contribution in [1.29, 1.82) is 0 Å². The van der Waals surface area contributed by atoms with E-state index in [4.69, 9.17) is 0 Å². The summed E-state index contributed by atoms with van der Waals surface area (Å²) < 4.78 is 0. The van der Waals surface area contributed by atoms with Crippen molar-refractivity contribution < 1.29 is 4.79 Å². The molecule has 1 aliphatic rings. The number of rotatable bonds is 4. The van der Waals surface area contributed by atoms with Crippen LogP contribution in [-0.2, 0) is 4.79 Å². The summed E-state index contributed by atoms with van der Waals surface area (Å²) in [7, 11) is 0. The highest BCUT2D eigenvalue weighted by Gasteiger charge is 2.60. The minimum atomic E-state index is -0.179. The van der Waals surface area contributed by atoms with E-state index in [9.17, 15) is 4.79 Å². The molecule has 21 heavy (non-hydrogen) atoms.